The number of nitrogens with one attached hydrogen (secondary N) is 1. The van der Waals surface area contributed by atoms with Gasteiger partial charge in [-0.05, 0) is 52.1 Å². The molecule has 2 fully saturated rings. The predicted molar refractivity (Wildman–Crippen MR) is 61.9 cm³/mol. The minimum atomic E-state index is -0.194. The van der Waals surface area contributed by atoms with Gasteiger partial charge in [-0.25, -0.2) is 0 Å². The van der Waals surface area contributed by atoms with E-state index in [1.54, 1.807) is 0 Å². The molecule has 1 aliphatic carbocycles. The van der Waals surface area contributed by atoms with Crippen LogP contribution in [0.15, 0.2) is 0 Å². The normalized spacial score (nSPS) is 27.6. The topological polar surface area (TPSA) is 35.5 Å². The number of aliphatic hydroxyl groups is 1. The van der Waals surface area contributed by atoms with Gasteiger partial charge >= 0.3 is 0 Å². The molecule has 2 rings (SSSR count). The zero-order valence-electron chi connectivity index (χ0n) is 9.84. The second-order valence-corrected chi connectivity index (χ2v) is 5.46. The molecule has 2 N–H and O–H groups in total. The van der Waals surface area contributed by atoms with Crippen molar-refractivity contribution >= 4 is 0 Å². The lowest BCUT2D eigenvalue weighted by Gasteiger charge is -2.40. The summed E-state index contributed by atoms with van der Waals surface area (Å²) in [5.74, 6) is 0. The number of hydrogen-bond acceptors (Lipinski definition) is 3. The number of likely N-dealkylation sites (tertiary alicyclic amines) is 1. The Morgan fingerprint density at radius 1 is 1.27 bits per heavy atom. The Morgan fingerprint density at radius 3 is 2.47 bits per heavy atom. The lowest BCUT2D eigenvalue weighted by Crippen LogP contribution is -2.51. The third kappa shape index (κ3) is 3.16. The minimum absolute atomic E-state index is 0.194. The Kier molecular flexibility index (Phi) is 3.65. The van der Waals surface area contributed by atoms with E-state index in [0.29, 0.717) is 5.54 Å². The standard InChI is InChI=1S/C12H24N2O/c1-12(5-4-6-12)13-9-11(15)10-14-7-2-3-8-14/h11,13,15H,2-10H2,1H3. The third-order valence-electron chi connectivity index (χ3n) is 3.89. The van der Waals surface area contributed by atoms with Crippen LogP contribution in [-0.4, -0.2) is 47.8 Å². The molecular formula is C12H24N2O. The van der Waals surface area contributed by atoms with Crippen LogP contribution in [0.4, 0.5) is 0 Å². The van der Waals surface area contributed by atoms with Crippen molar-refractivity contribution in [1.82, 2.24) is 10.2 Å². The molecule has 0 aromatic rings. The van der Waals surface area contributed by atoms with Crippen molar-refractivity contribution in [2.75, 3.05) is 26.2 Å². The van der Waals surface area contributed by atoms with Crippen LogP contribution in [0.1, 0.15) is 39.0 Å². The Morgan fingerprint density at radius 2 is 1.93 bits per heavy atom. The van der Waals surface area contributed by atoms with E-state index < -0.39 is 0 Å². The quantitative estimate of drug-likeness (QED) is 0.713. The molecule has 15 heavy (non-hydrogen) atoms. The second kappa shape index (κ2) is 4.81. The zero-order chi connectivity index (χ0) is 10.7. The van der Waals surface area contributed by atoms with Crippen LogP contribution in [-0.2, 0) is 0 Å². The molecule has 0 bridgehead atoms. The minimum Gasteiger partial charge on any atom is -0.390 e. The first kappa shape index (κ1) is 11.4. The lowest BCUT2D eigenvalue weighted by molar-refractivity contribution is 0.100. The van der Waals surface area contributed by atoms with E-state index in [2.05, 4.69) is 17.1 Å². The summed E-state index contributed by atoms with van der Waals surface area (Å²) in [6.07, 6.45) is 6.29. The molecular weight excluding hydrogens is 188 g/mol. The van der Waals surface area contributed by atoms with Crippen LogP contribution in [0.5, 0.6) is 0 Å². The molecule has 3 heteroatoms. The van der Waals surface area contributed by atoms with Gasteiger partial charge in [0.2, 0.25) is 0 Å². The Balaban J connectivity index is 1.61. The highest BCUT2D eigenvalue weighted by molar-refractivity contribution is 4.92. The molecule has 1 saturated heterocycles. The molecule has 0 spiro atoms. The van der Waals surface area contributed by atoms with Crippen LogP contribution in [0, 0.1) is 0 Å². The van der Waals surface area contributed by atoms with E-state index in [9.17, 15) is 5.11 Å². The highest BCUT2D eigenvalue weighted by Gasteiger charge is 2.31. The summed E-state index contributed by atoms with van der Waals surface area (Å²) in [5.41, 5.74) is 0.325. The van der Waals surface area contributed by atoms with Crippen LogP contribution in [0.25, 0.3) is 0 Å². The molecule has 0 aromatic heterocycles. The largest absolute Gasteiger partial charge is 0.390 e. The fourth-order valence-electron chi connectivity index (χ4n) is 2.58. The number of nitrogens with zero attached hydrogens (tertiary/aromatic N) is 1. The van der Waals surface area contributed by atoms with Gasteiger partial charge in [-0.3, -0.25) is 0 Å². The van der Waals surface area contributed by atoms with Crippen LogP contribution in [0.3, 0.4) is 0 Å². The van der Waals surface area contributed by atoms with Crippen LogP contribution >= 0.6 is 0 Å². The summed E-state index contributed by atoms with van der Waals surface area (Å²) in [6.45, 7) is 6.22. The van der Waals surface area contributed by atoms with Crippen molar-refractivity contribution in [3.05, 3.63) is 0 Å². The van der Waals surface area contributed by atoms with Crippen molar-refractivity contribution in [2.45, 2.75) is 50.7 Å². The maximum absolute atomic E-state index is 9.89. The molecule has 1 unspecified atom stereocenters. The van der Waals surface area contributed by atoms with Crippen molar-refractivity contribution in [3.8, 4) is 0 Å². The Hall–Kier alpha value is -0.120. The summed E-state index contributed by atoms with van der Waals surface area (Å²) in [4.78, 5) is 2.37. The first-order valence-corrected chi connectivity index (χ1v) is 6.33. The van der Waals surface area contributed by atoms with Gasteiger partial charge in [0.15, 0.2) is 0 Å². The average Bonchev–Trinajstić information content (AvgIpc) is 2.64. The fraction of sp³-hybridized carbons (Fsp3) is 1.00. The van der Waals surface area contributed by atoms with E-state index >= 15 is 0 Å². The van der Waals surface area contributed by atoms with E-state index in [1.807, 2.05) is 0 Å². The van der Waals surface area contributed by atoms with E-state index in [1.165, 1.54) is 45.2 Å². The molecule has 88 valence electrons. The molecule has 1 heterocycles. The van der Waals surface area contributed by atoms with Crippen LogP contribution < -0.4 is 5.32 Å². The summed E-state index contributed by atoms with van der Waals surface area (Å²) < 4.78 is 0. The second-order valence-electron chi connectivity index (χ2n) is 5.46. The lowest BCUT2D eigenvalue weighted by atomic mass is 9.78. The first-order chi connectivity index (χ1) is 7.18. The van der Waals surface area contributed by atoms with Crippen molar-refractivity contribution in [3.63, 3.8) is 0 Å². The highest BCUT2D eigenvalue weighted by Crippen LogP contribution is 2.30. The molecule has 3 nitrogen and oxygen atoms in total. The van der Waals surface area contributed by atoms with Gasteiger partial charge < -0.3 is 15.3 Å². The van der Waals surface area contributed by atoms with E-state index in [4.69, 9.17) is 0 Å². The number of hydrogen-bond donors (Lipinski definition) is 2. The number of aliphatic hydroxyl groups excluding tert-OH is 1. The maximum atomic E-state index is 9.89. The number of β-amino-alcohol motifs (C(OH)–C–C–N with tert-alkyl or cyclic N) is 1. The Labute approximate surface area is 92.8 Å². The molecule has 1 aliphatic heterocycles. The van der Waals surface area contributed by atoms with Gasteiger partial charge in [0.05, 0.1) is 6.10 Å². The molecule has 1 atom stereocenters. The van der Waals surface area contributed by atoms with Gasteiger partial charge in [-0.1, -0.05) is 0 Å². The van der Waals surface area contributed by atoms with Crippen molar-refractivity contribution in [1.29, 1.82) is 0 Å². The van der Waals surface area contributed by atoms with Gasteiger partial charge in [0.25, 0.3) is 0 Å². The summed E-state index contributed by atoms with van der Waals surface area (Å²) >= 11 is 0. The monoisotopic (exact) mass is 212 g/mol. The molecule has 2 aliphatic rings. The number of rotatable bonds is 5. The zero-order valence-corrected chi connectivity index (χ0v) is 9.84. The highest BCUT2D eigenvalue weighted by atomic mass is 16.3. The maximum Gasteiger partial charge on any atom is 0.0791 e. The molecule has 1 saturated carbocycles. The summed E-state index contributed by atoms with van der Waals surface area (Å²) in [5, 5.41) is 13.4. The fourth-order valence-corrected chi connectivity index (χ4v) is 2.58. The first-order valence-electron chi connectivity index (χ1n) is 6.33. The van der Waals surface area contributed by atoms with Gasteiger partial charge in [0.1, 0.15) is 0 Å². The van der Waals surface area contributed by atoms with E-state index in [-0.39, 0.29) is 6.10 Å². The van der Waals surface area contributed by atoms with Gasteiger partial charge in [0, 0.05) is 18.6 Å². The van der Waals surface area contributed by atoms with Gasteiger partial charge in [-0.2, -0.15) is 0 Å². The summed E-state index contributed by atoms with van der Waals surface area (Å²) in [7, 11) is 0. The Bertz CT molecular complexity index is 198. The third-order valence-corrected chi connectivity index (χ3v) is 3.89. The molecule has 0 radical (unpaired) electrons. The smallest absolute Gasteiger partial charge is 0.0791 e. The SMILES string of the molecule is CC1(NCC(O)CN2CCCC2)CCC1. The molecule has 0 aromatic carbocycles. The average molecular weight is 212 g/mol. The van der Waals surface area contributed by atoms with Crippen molar-refractivity contribution in [2.24, 2.45) is 0 Å². The van der Waals surface area contributed by atoms with Crippen molar-refractivity contribution < 1.29 is 5.11 Å². The summed E-state index contributed by atoms with van der Waals surface area (Å²) in [6, 6.07) is 0. The predicted octanol–water partition coefficient (Wildman–Crippen LogP) is 0.975. The molecule has 0 amide bonds. The van der Waals surface area contributed by atoms with Crippen LogP contribution in [0.2, 0.25) is 0 Å². The van der Waals surface area contributed by atoms with Gasteiger partial charge in [-0.15, -0.1) is 0 Å². The van der Waals surface area contributed by atoms with E-state index in [0.717, 1.165) is 13.1 Å².